The van der Waals surface area contributed by atoms with E-state index in [2.05, 4.69) is 16.8 Å². The number of rotatable bonds is 3. The molecule has 1 aliphatic heterocycles. The number of nitrogens with zero attached hydrogens (tertiary/aromatic N) is 1. The molecule has 0 aliphatic carbocycles. The average Bonchev–Trinajstić information content (AvgIpc) is 2.36. The van der Waals surface area contributed by atoms with Crippen molar-refractivity contribution in [2.75, 3.05) is 26.2 Å². The minimum absolute atomic E-state index is 0. The fraction of sp³-hybridized carbons (Fsp3) is 0.385. The molecule has 1 aromatic rings. The largest absolute Gasteiger partial charge is 0.314 e. The van der Waals surface area contributed by atoms with Gasteiger partial charge in [0.25, 0.3) is 0 Å². The molecule has 1 aliphatic rings. The summed E-state index contributed by atoms with van der Waals surface area (Å²) in [6, 6.07) is 5.73. The summed E-state index contributed by atoms with van der Waals surface area (Å²) >= 11 is 12.3. The lowest BCUT2D eigenvalue weighted by atomic mass is 10.0. The Balaban J connectivity index is 0.00000162. The zero-order valence-electron chi connectivity index (χ0n) is 10.4. The number of benzene rings is 1. The van der Waals surface area contributed by atoms with E-state index in [4.69, 9.17) is 23.2 Å². The first-order valence-corrected chi connectivity index (χ1v) is 6.50. The quantitative estimate of drug-likeness (QED) is 0.835. The minimum Gasteiger partial charge on any atom is -0.314 e. The first-order valence-electron chi connectivity index (χ1n) is 5.74. The molecule has 1 saturated heterocycles. The van der Waals surface area contributed by atoms with Crippen molar-refractivity contribution >= 4 is 48.0 Å². The summed E-state index contributed by atoms with van der Waals surface area (Å²) in [6.07, 6.45) is 1.93. The van der Waals surface area contributed by atoms with Gasteiger partial charge < -0.3 is 5.32 Å². The van der Waals surface area contributed by atoms with Gasteiger partial charge >= 0.3 is 0 Å². The van der Waals surface area contributed by atoms with Crippen molar-refractivity contribution in [3.63, 3.8) is 0 Å². The van der Waals surface area contributed by atoms with E-state index in [0.717, 1.165) is 36.8 Å². The molecule has 1 N–H and O–H groups in total. The van der Waals surface area contributed by atoms with Gasteiger partial charge in [-0.15, -0.1) is 31.4 Å². The summed E-state index contributed by atoms with van der Waals surface area (Å²) in [5.74, 6) is 0. The summed E-state index contributed by atoms with van der Waals surface area (Å²) in [7, 11) is 0. The van der Waals surface area contributed by atoms with Crippen LogP contribution in [0, 0.1) is 0 Å². The first-order chi connectivity index (χ1) is 8.22. The predicted molar refractivity (Wildman–Crippen MR) is 88.3 cm³/mol. The topological polar surface area (TPSA) is 15.3 Å². The highest BCUT2D eigenvalue weighted by atomic mass is 35.5. The van der Waals surface area contributed by atoms with Crippen molar-refractivity contribution in [1.82, 2.24) is 10.2 Å². The van der Waals surface area contributed by atoms with Crippen molar-refractivity contribution in [2.24, 2.45) is 0 Å². The van der Waals surface area contributed by atoms with Crippen molar-refractivity contribution in [3.05, 3.63) is 46.5 Å². The van der Waals surface area contributed by atoms with E-state index < -0.39 is 0 Å². The van der Waals surface area contributed by atoms with E-state index >= 15 is 0 Å². The second kappa shape index (κ2) is 9.06. The average molecular weight is 344 g/mol. The molecule has 1 aromatic carbocycles. The molecule has 0 spiro atoms. The van der Waals surface area contributed by atoms with E-state index in [1.807, 2.05) is 24.3 Å². The number of nitrogens with one attached hydrogen (secondary N) is 1. The molecule has 108 valence electrons. The lowest BCUT2D eigenvalue weighted by molar-refractivity contribution is 0.203. The first kappa shape index (κ1) is 19.0. The van der Waals surface area contributed by atoms with Gasteiger partial charge in [-0.05, 0) is 23.8 Å². The number of hydrogen-bond donors (Lipinski definition) is 1. The molecule has 19 heavy (non-hydrogen) atoms. The van der Waals surface area contributed by atoms with E-state index in [-0.39, 0.29) is 30.9 Å². The Hall–Kier alpha value is 0.0400. The molecular formula is C13H18Cl4N2. The highest BCUT2D eigenvalue weighted by Gasteiger charge is 2.21. The van der Waals surface area contributed by atoms with Gasteiger partial charge in [0.15, 0.2) is 0 Å². The number of halogens is 4. The number of piperazine rings is 1. The van der Waals surface area contributed by atoms with Crippen LogP contribution < -0.4 is 5.32 Å². The summed E-state index contributed by atoms with van der Waals surface area (Å²) in [6.45, 7) is 7.92. The fourth-order valence-corrected chi connectivity index (χ4v) is 2.58. The molecule has 1 fully saturated rings. The van der Waals surface area contributed by atoms with Crippen LogP contribution >= 0.6 is 48.0 Å². The summed E-state index contributed by atoms with van der Waals surface area (Å²) in [5.41, 5.74) is 1.04. The zero-order valence-corrected chi connectivity index (χ0v) is 13.6. The Morgan fingerprint density at radius 1 is 1.21 bits per heavy atom. The molecule has 0 aromatic heterocycles. The van der Waals surface area contributed by atoms with Gasteiger partial charge in [0.1, 0.15) is 0 Å². The normalized spacial score (nSPS) is 16.9. The second-order valence-corrected chi connectivity index (χ2v) is 4.98. The molecule has 0 unspecified atom stereocenters. The third-order valence-electron chi connectivity index (χ3n) is 3.04. The van der Waals surface area contributed by atoms with Crippen LogP contribution in [0.4, 0.5) is 0 Å². The molecule has 2 nitrogen and oxygen atoms in total. The molecule has 0 saturated carbocycles. The highest BCUT2D eigenvalue weighted by molar-refractivity contribution is 6.33. The third kappa shape index (κ3) is 4.82. The summed E-state index contributed by atoms with van der Waals surface area (Å²) in [4.78, 5) is 2.36. The second-order valence-electron chi connectivity index (χ2n) is 4.13. The van der Waals surface area contributed by atoms with Crippen LogP contribution in [-0.4, -0.2) is 31.1 Å². The molecule has 2 rings (SSSR count). The summed E-state index contributed by atoms with van der Waals surface area (Å²) < 4.78 is 0. The molecule has 6 heteroatoms. The van der Waals surface area contributed by atoms with Gasteiger partial charge in [0.05, 0.1) is 6.04 Å². The van der Waals surface area contributed by atoms with Crippen molar-refractivity contribution in [2.45, 2.75) is 6.04 Å². The highest BCUT2D eigenvalue weighted by Crippen LogP contribution is 2.30. The fourth-order valence-electron chi connectivity index (χ4n) is 2.17. The van der Waals surface area contributed by atoms with Crippen LogP contribution in [0.2, 0.25) is 10.0 Å². The minimum atomic E-state index is 0. The SMILES string of the molecule is C=C[C@H](c1cc(Cl)ccc1Cl)N1CCNCC1.Cl.Cl. The van der Waals surface area contributed by atoms with Gasteiger partial charge in [-0.2, -0.15) is 0 Å². The Kier molecular flexibility index (Phi) is 9.08. The maximum Gasteiger partial charge on any atom is 0.0545 e. The van der Waals surface area contributed by atoms with Crippen LogP contribution in [0.25, 0.3) is 0 Å². The Bertz CT molecular complexity index is 406. The van der Waals surface area contributed by atoms with Crippen LogP contribution in [0.5, 0.6) is 0 Å². The van der Waals surface area contributed by atoms with Gasteiger partial charge in [-0.1, -0.05) is 29.3 Å². The summed E-state index contributed by atoms with van der Waals surface area (Å²) in [5, 5.41) is 4.80. The van der Waals surface area contributed by atoms with Crippen molar-refractivity contribution < 1.29 is 0 Å². The van der Waals surface area contributed by atoms with E-state index in [1.54, 1.807) is 0 Å². The zero-order chi connectivity index (χ0) is 12.3. The van der Waals surface area contributed by atoms with Crippen molar-refractivity contribution in [3.8, 4) is 0 Å². The van der Waals surface area contributed by atoms with Crippen LogP contribution in [0.3, 0.4) is 0 Å². The Labute approximate surface area is 137 Å². The molecule has 0 bridgehead atoms. The molecule has 0 radical (unpaired) electrons. The number of hydrogen-bond acceptors (Lipinski definition) is 2. The van der Waals surface area contributed by atoms with E-state index in [0.29, 0.717) is 5.02 Å². The molecule has 0 amide bonds. The Morgan fingerprint density at radius 3 is 2.42 bits per heavy atom. The van der Waals surface area contributed by atoms with E-state index in [9.17, 15) is 0 Å². The van der Waals surface area contributed by atoms with Gasteiger partial charge in [-0.3, -0.25) is 4.90 Å². The van der Waals surface area contributed by atoms with Gasteiger partial charge in [-0.25, -0.2) is 0 Å². The molecule has 1 atom stereocenters. The third-order valence-corrected chi connectivity index (χ3v) is 3.62. The van der Waals surface area contributed by atoms with Crippen molar-refractivity contribution in [1.29, 1.82) is 0 Å². The Morgan fingerprint density at radius 2 is 1.84 bits per heavy atom. The lowest BCUT2D eigenvalue weighted by Crippen LogP contribution is -2.44. The van der Waals surface area contributed by atoms with E-state index in [1.165, 1.54) is 0 Å². The molecule has 1 heterocycles. The smallest absolute Gasteiger partial charge is 0.0545 e. The maximum atomic E-state index is 6.24. The lowest BCUT2D eigenvalue weighted by Gasteiger charge is -2.33. The standard InChI is InChI=1S/C13H16Cl2N2.2ClH/c1-2-13(17-7-5-16-6-8-17)11-9-10(14)3-4-12(11)15;;/h2-4,9,13,16H,1,5-8H2;2*1H/t13-;;/m1../s1. The maximum absolute atomic E-state index is 6.24. The monoisotopic (exact) mass is 342 g/mol. The van der Waals surface area contributed by atoms with Crippen LogP contribution in [0.15, 0.2) is 30.9 Å². The van der Waals surface area contributed by atoms with Gasteiger partial charge in [0, 0.05) is 36.2 Å². The predicted octanol–water partition coefficient (Wildman–Crippen LogP) is 3.97. The van der Waals surface area contributed by atoms with Crippen LogP contribution in [0.1, 0.15) is 11.6 Å². The molecular weight excluding hydrogens is 326 g/mol. The van der Waals surface area contributed by atoms with Gasteiger partial charge in [0.2, 0.25) is 0 Å². The van der Waals surface area contributed by atoms with Crippen LogP contribution in [-0.2, 0) is 0 Å².